The maximum atomic E-state index is 11.5. The average molecular weight is 201 g/mol. The molecule has 0 saturated heterocycles. The number of nitrogens with one attached hydrogen (secondary N) is 1. The van der Waals surface area contributed by atoms with Gasteiger partial charge in [-0.15, -0.1) is 0 Å². The van der Waals surface area contributed by atoms with Crippen LogP contribution in [0.3, 0.4) is 0 Å². The van der Waals surface area contributed by atoms with E-state index in [4.69, 9.17) is 4.74 Å². The van der Waals surface area contributed by atoms with Crippen molar-refractivity contribution in [1.82, 2.24) is 4.98 Å². The van der Waals surface area contributed by atoms with Crippen LogP contribution in [0, 0.1) is 0 Å². The molecule has 0 aliphatic heterocycles. The number of ether oxygens (including phenoxy) is 1. The van der Waals surface area contributed by atoms with Gasteiger partial charge in [0.25, 0.3) is 5.56 Å². The SMILES string of the molecule is O=c1[nH]cc(OC2CC2)c2ccccc12. The van der Waals surface area contributed by atoms with Crippen molar-refractivity contribution < 1.29 is 4.74 Å². The van der Waals surface area contributed by atoms with Crippen molar-refractivity contribution >= 4 is 10.8 Å². The van der Waals surface area contributed by atoms with Gasteiger partial charge in [0.05, 0.1) is 11.5 Å². The second-order valence-electron chi connectivity index (χ2n) is 3.84. The summed E-state index contributed by atoms with van der Waals surface area (Å²) in [5, 5.41) is 1.59. The van der Waals surface area contributed by atoms with Crippen LogP contribution in [-0.2, 0) is 0 Å². The van der Waals surface area contributed by atoms with Crippen molar-refractivity contribution in [3.63, 3.8) is 0 Å². The molecule has 0 radical (unpaired) electrons. The standard InChI is InChI=1S/C12H11NO2/c14-12-10-4-2-1-3-9(10)11(7-13-12)15-8-5-6-8/h1-4,7-8H,5-6H2,(H,13,14). The fourth-order valence-electron chi connectivity index (χ4n) is 1.65. The highest BCUT2D eigenvalue weighted by Crippen LogP contribution is 2.30. The van der Waals surface area contributed by atoms with Crippen LogP contribution in [0.25, 0.3) is 10.8 Å². The van der Waals surface area contributed by atoms with Gasteiger partial charge in [-0.05, 0) is 18.9 Å². The number of rotatable bonds is 2. The van der Waals surface area contributed by atoms with E-state index >= 15 is 0 Å². The van der Waals surface area contributed by atoms with Gasteiger partial charge in [0, 0.05) is 11.6 Å². The van der Waals surface area contributed by atoms with Crippen molar-refractivity contribution in [3.05, 3.63) is 40.8 Å². The molecule has 1 aliphatic rings. The molecule has 15 heavy (non-hydrogen) atoms. The summed E-state index contributed by atoms with van der Waals surface area (Å²) in [6.45, 7) is 0. The zero-order valence-corrected chi connectivity index (χ0v) is 8.19. The number of benzene rings is 1. The van der Waals surface area contributed by atoms with Crippen LogP contribution < -0.4 is 10.3 Å². The maximum absolute atomic E-state index is 11.5. The molecular formula is C12H11NO2. The first-order valence-electron chi connectivity index (χ1n) is 5.12. The number of hydrogen-bond acceptors (Lipinski definition) is 2. The van der Waals surface area contributed by atoms with Crippen molar-refractivity contribution in [2.75, 3.05) is 0 Å². The summed E-state index contributed by atoms with van der Waals surface area (Å²) >= 11 is 0. The quantitative estimate of drug-likeness (QED) is 0.808. The van der Waals surface area contributed by atoms with Crippen molar-refractivity contribution in [1.29, 1.82) is 0 Å². The van der Waals surface area contributed by atoms with Gasteiger partial charge in [0.15, 0.2) is 0 Å². The average Bonchev–Trinajstić information content (AvgIpc) is 3.07. The predicted octanol–water partition coefficient (Wildman–Crippen LogP) is 2.07. The van der Waals surface area contributed by atoms with Crippen molar-refractivity contribution in [3.8, 4) is 5.75 Å². The molecule has 1 aliphatic carbocycles. The Hall–Kier alpha value is -1.77. The molecule has 1 heterocycles. The van der Waals surface area contributed by atoms with Crippen LogP contribution in [0.4, 0.5) is 0 Å². The molecule has 0 amide bonds. The van der Waals surface area contributed by atoms with Crippen molar-refractivity contribution in [2.45, 2.75) is 18.9 Å². The normalized spacial score (nSPS) is 15.5. The lowest BCUT2D eigenvalue weighted by Gasteiger charge is -2.06. The third-order valence-electron chi connectivity index (χ3n) is 2.59. The van der Waals surface area contributed by atoms with E-state index in [0.717, 1.165) is 24.0 Å². The van der Waals surface area contributed by atoms with Gasteiger partial charge in [-0.3, -0.25) is 4.79 Å². The number of hydrogen-bond donors (Lipinski definition) is 1. The summed E-state index contributed by atoms with van der Waals surface area (Å²) in [6, 6.07) is 7.51. The van der Waals surface area contributed by atoms with Crippen LogP contribution >= 0.6 is 0 Å². The molecule has 3 rings (SSSR count). The largest absolute Gasteiger partial charge is 0.488 e. The molecule has 1 aromatic carbocycles. The summed E-state index contributed by atoms with van der Waals surface area (Å²) in [5.74, 6) is 0.785. The lowest BCUT2D eigenvalue weighted by molar-refractivity contribution is 0.306. The summed E-state index contributed by atoms with van der Waals surface area (Å²) in [7, 11) is 0. The van der Waals surface area contributed by atoms with Crippen molar-refractivity contribution in [2.24, 2.45) is 0 Å². The minimum Gasteiger partial charge on any atom is -0.488 e. The minimum atomic E-state index is -0.0613. The fraction of sp³-hybridized carbons (Fsp3) is 0.250. The highest BCUT2D eigenvalue weighted by atomic mass is 16.5. The Morgan fingerprint density at radius 2 is 1.93 bits per heavy atom. The summed E-state index contributed by atoms with van der Waals surface area (Å²) < 4.78 is 5.72. The molecule has 0 bridgehead atoms. The monoisotopic (exact) mass is 201 g/mol. The molecule has 3 heteroatoms. The zero-order valence-electron chi connectivity index (χ0n) is 8.19. The van der Waals surface area contributed by atoms with E-state index in [1.807, 2.05) is 24.3 Å². The van der Waals surface area contributed by atoms with Gasteiger partial charge in [-0.2, -0.15) is 0 Å². The molecule has 1 fully saturated rings. The van der Waals surface area contributed by atoms with E-state index in [2.05, 4.69) is 4.98 Å². The molecule has 1 N–H and O–H groups in total. The van der Waals surface area contributed by atoms with Crippen LogP contribution in [0.2, 0.25) is 0 Å². The molecule has 0 unspecified atom stereocenters. The van der Waals surface area contributed by atoms with E-state index in [0.29, 0.717) is 11.5 Å². The first-order valence-corrected chi connectivity index (χ1v) is 5.12. The number of aromatic amines is 1. The minimum absolute atomic E-state index is 0.0613. The van der Waals surface area contributed by atoms with Crippen LogP contribution in [0.15, 0.2) is 35.3 Å². The molecule has 0 spiro atoms. The van der Waals surface area contributed by atoms with Crippen LogP contribution in [0.1, 0.15) is 12.8 Å². The molecule has 3 nitrogen and oxygen atoms in total. The van der Waals surface area contributed by atoms with E-state index in [9.17, 15) is 4.79 Å². The fourth-order valence-corrected chi connectivity index (χ4v) is 1.65. The molecule has 0 atom stereocenters. The molecular weight excluding hydrogens is 190 g/mol. The lowest BCUT2D eigenvalue weighted by atomic mass is 10.1. The Kier molecular flexibility index (Phi) is 1.78. The van der Waals surface area contributed by atoms with Crippen LogP contribution in [0.5, 0.6) is 5.75 Å². The Balaban J connectivity index is 2.20. The number of fused-ring (bicyclic) bond motifs is 1. The summed E-state index contributed by atoms with van der Waals surface area (Å²) in [4.78, 5) is 14.2. The molecule has 1 saturated carbocycles. The topological polar surface area (TPSA) is 42.1 Å². The van der Waals surface area contributed by atoms with E-state index in [1.165, 1.54) is 0 Å². The molecule has 1 aromatic heterocycles. The first kappa shape index (κ1) is 8.53. The Morgan fingerprint density at radius 1 is 1.20 bits per heavy atom. The van der Waals surface area contributed by atoms with Gasteiger partial charge in [0.2, 0.25) is 0 Å². The molecule has 2 aromatic rings. The number of aromatic nitrogens is 1. The van der Waals surface area contributed by atoms with E-state index < -0.39 is 0 Å². The van der Waals surface area contributed by atoms with Gasteiger partial charge >= 0.3 is 0 Å². The first-order chi connectivity index (χ1) is 7.34. The highest BCUT2D eigenvalue weighted by Gasteiger charge is 2.24. The van der Waals surface area contributed by atoms with Gasteiger partial charge in [-0.1, -0.05) is 18.2 Å². The highest BCUT2D eigenvalue weighted by molar-refractivity contribution is 5.87. The maximum Gasteiger partial charge on any atom is 0.256 e. The van der Waals surface area contributed by atoms with E-state index in [-0.39, 0.29) is 5.56 Å². The Bertz CT molecular complexity index is 555. The second-order valence-corrected chi connectivity index (χ2v) is 3.84. The van der Waals surface area contributed by atoms with Gasteiger partial charge < -0.3 is 9.72 Å². The third-order valence-corrected chi connectivity index (χ3v) is 2.59. The second kappa shape index (κ2) is 3.12. The molecule has 76 valence electrons. The number of H-pyrrole nitrogens is 1. The number of pyridine rings is 1. The lowest BCUT2D eigenvalue weighted by Crippen LogP contribution is -2.07. The smallest absolute Gasteiger partial charge is 0.256 e. The van der Waals surface area contributed by atoms with Gasteiger partial charge in [0.1, 0.15) is 5.75 Å². The third kappa shape index (κ3) is 1.50. The Labute approximate surface area is 86.7 Å². The summed E-state index contributed by atoms with van der Waals surface area (Å²) in [6.07, 6.45) is 4.24. The Morgan fingerprint density at radius 3 is 2.67 bits per heavy atom. The predicted molar refractivity (Wildman–Crippen MR) is 58.2 cm³/mol. The van der Waals surface area contributed by atoms with Gasteiger partial charge in [-0.25, -0.2) is 0 Å². The summed E-state index contributed by atoms with van der Waals surface area (Å²) in [5.41, 5.74) is -0.0613. The zero-order chi connectivity index (χ0) is 10.3. The van der Waals surface area contributed by atoms with Crippen LogP contribution in [-0.4, -0.2) is 11.1 Å². The van der Waals surface area contributed by atoms with E-state index in [1.54, 1.807) is 6.20 Å².